The minimum absolute atomic E-state index is 1.06. The molecular formula is C10H18. The summed E-state index contributed by atoms with van der Waals surface area (Å²) in [5, 5.41) is 0. The smallest absolute Gasteiger partial charge is 0.0360 e. The van der Waals surface area contributed by atoms with Gasteiger partial charge in [0.25, 0.3) is 0 Å². The van der Waals surface area contributed by atoms with E-state index in [1.807, 2.05) is 0 Å². The Labute approximate surface area is 64.0 Å². The Morgan fingerprint density at radius 1 is 0.900 bits per heavy atom. The Kier molecular flexibility index (Phi) is 1.71. The normalized spacial score (nSPS) is 47.1. The van der Waals surface area contributed by atoms with E-state index in [4.69, 9.17) is 0 Å². The van der Waals surface area contributed by atoms with E-state index >= 15 is 0 Å². The average molecular weight is 138 g/mol. The molecule has 58 valence electrons. The van der Waals surface area contributed by atoms with Gasteiger partial charge in [0, 0.05) is 0 Å². The highest BCUT2D eigenvalue weighted by Crippen LogP contribution is 2.45. The van der Waals surface area contributed by atoms with Gasteiger partial charge in [-0.1, -0.05) is 32.6 Å². The van der Waals surface area contributed by atoms with Crippen molar-refractivity contribution in [1.82, 2.24) is 0 Å². The Morgan fingerprint density at radius 3 is 2.50 bits per heavy atom. The Balaban J connectivity index is 2.01. The van der Waals surface area contributed by atoms with Gasteiger partial charge in [-0.15, -0.1) is 0 Å². The van der Waals surface area contributed by atoms with Gasteiger partial charge in [0.15, 0.2) is 0 Å². The molecule has 0 aromatic heterocycles. The minimum Gasteiger partial charge on any atom is -0.0622 e. The molecule has 0 radical (unpaired) electrons. The molecule has 0 heterocycles. The van der Waals surface area contributed by atoms with Crippen molar-refractivity contribution in [2.24, 2.45) is 17.8 Å². The molecule has 0 bridgehead atoms. The summed E-state index contributed by atoms with van der Waals surface area (Å²) in [5.74, 6) is 3.34. The maximum absolute atomic E-state index is 2.45. The third kappa shape index (κ3) is 0.980. The SMILES string of the molecule is C[C@@H]1CC[C@@H]2CCCC[C@@H]21. The van der Waals surface area contributed by atoms with Gasteiger partial charge in [-0.25, -0.2) is 0 Å². The van der Waals surface area contributed by atoms with Crippen LogP contribution in [0, 0.1) is 17.8 Å². The van der Waals surface area contributed by atoms with Crippen LogP contribution < -0.4 is 0 Å². The average Bonchev–Trinajstić information content (AvgIpc) is 2.34. The number of hydrogen-bond donors (Lipinski definition) is 0. The first-order chi connectivity index (χ1) is 4.88. The fraction of sp³-hybridized carbons (Fsp3) is 1.00. The van der Waals surface area contributed by atoms with Crippen molar-refractivity contribution in [1.29, 1.82) is 0 Å². The molecule has 0 spiro atoms. The molecule has 2 saturated carbocycles. The molecule has 10 heavy (non-hydrogen) atoms. The van der Waals surface area contributed by atoms with Crippen molar-refractivity contribution in [3.05, 3.63) is 0 Å². The first kappa shape index (κ1) is 6.69. The molecule has 0 aliphatic heterocycles. The summed E-state index contributed by atoms with van der Waals surface area (Å²) in [6.07, 6.45) is 9.21. The fourth-order valence-electron chi connectivity index (χ4n) is 3.03. The van der Waals surface area contributed by atoms with Gasteiger partial charge in [-0.2, -0.15) is 0 Å². The predicted octanol–water partition coefficient (Wildman–Crippen LogP) is 3.22. The van der Waals surface area contributed by atoms with E-state index in [9.17, 15) is 0 Å². The molecular weight excluding hydrogens is 120 g/mol. The second kappa shape index (κ2) is 2.56. The molecule has 0 nitrogen and oxygen atoms in total. The van der Waals surface area contributed by atoms with Gasteiger partial charge >= 0.3 is 0 Å². The van der Waals surface area contributed by atoms with Gasteiger partial charge in [0.2, 0.25) is 0 Å². The summed E-state index contributed by atoms with van der Waals surface area (Å²) in [6.45, 7) is 2.45. The Morgan fingerprint density at radius 2 is 1.70 bits per heavy atom. The Bertz CT molecular complexity index is 115. The van der Waals surface area contributed by atoms with E-state index in [0.717, 1.165) is 17.8 Å². The quantitative estimate of drug-likeness (QED) is 0.482. The summed E-state index contributed by atoms with van der Waals surface area (Å²) < 4.78 is 0. The lowest BCUT2D eigenvalue weighted by molar-refractivity contribution is 0.238. The third-order valence-electron chi connectivity index (χ3n) is 3.69. The van der Waals surface area contributed by atoms with Crippen LogP contribution in [0.4, 0.5) is 0 Å². The summed E-state index contributed by atoms with van der Waals surface area (Å²) in [5.41, 5.74) is 0. The van der Waals surface area contributed by atoms with Gasteiger partial charge in [-0.3, -0.25) is 0 Å². The largest absolute Gasteiger partial charge is 0.0622 e. The van der Waals surface area contributed by atoms with Crippen molar-refractivity contribution in [2.75, 3.05) is 0 Å². The second-order valence-electron chi connectivity index (χ2n) is 4.26. The Hall–Kier alpha value is 0. The molecule has 2 aliphatic rings. The molecule has 0 saturated heterocycles. The number of hydrogen-bond acceptors (Lipinski definition) is 0. The molecule has 0 unspecified atom stereocenters. The fourth-order valence-corrected chi connectivity index (χ4v) is 3.03. The minimum atomic E-state index is 1.06. The lowest BCUT2D eigenvalue weighted by Gasteiger charge is -2.27. The lowest BCUT2D eigenvalue weighted by Crippen LogP contribution is -2.17. The molecule has 3 atom stereocenters. The van der Waals surface area contributed by atoms with Crippen LogP contribution in [-0.2, 0) is 0 Å². The van der Waals surface area contributed by atoms with Crippen molar-refractivity contribution < 1.29 is 0 Å². The molecule has 0 N–H and O–H groups in total. The van der Waals surface area contributed by atoms with Crippen LogP contribution in [0.2, 0.25) is 0 Å². The van der Waals surface area contributed by atoms with Crippen LogP contribution in [0.15, 0.2) is 0 Å². The van der Waals surface area contributed by atoms with Crippen LogP contribution in [0.5, 0.6) is 0 Å². The van der Waals surface area contributed by atoms with E-state index in [1.54, 1.807) is 19.3 Å². The monoisotopic (exact) mass is 138 g/mol. The highest BCUT2D eigenvalue weighted by Gasteiger charge is 2.34. The second-order valence-corrected chi connectivity index (χ2v) is 4.26. The van der Waals surface area contributed by atoms with Crippen LogP contribution in [-0.4, -0.2) is 0 Å². The molecule has 2 fully saturated rings. The van der Waals surface area contributed by atoms with Gasteiger partial charge < -0.3 is 0 Å². The topological polar surface area (TPSA) is 0 Å². The summed E-state index contributed by atoms with van der Waals surface area (Å²) in [4.78, 5) is 0. The molecule has 2 rings (SSSR count). The summed E-state index contributed by atoms with van der Waals surface area (Å²) >= 11 is 0. The van der Waals surface area contributed by atoms with E-state index in [1.165, 1.54) is 19.3 Å². The molecule has 2 aliphatic carbocycles. The highest BCUT2D eigenvalue weighted by molar-refractivity contribution is 4.85. The number of fused-ring (bicyclic) bond motifs is 1. The van der Waals surface area contributed by atoms with Gasteiger partial charge in [-0.05, 0) is 30.6 Å². The third-order valence-corrected chi connectivity index (χ3v) is 3.69. The van der Waals surface area contributed by atoms with E-state index in [0.29, 0.717) is 0 Å². The first-order valence-corrected chi connectivity index (χ1v) is 4.88. The maximum atomic E-state index is 2.45. The zero-order valence-corrected chi connectivity index (χ0v) is 6.97. The van der Waals surface area contributed by atoms with Crippen molar-refractivity contribution in [3.8, 4) is 0 Å². The molecule has 0 heteroatoms. The highest BCUT2D eigenvalue weighted by atomic mass is 14.4. The van der Waals surface area contributed by atoms with E-state index < -0.39 is 0 Å². The summed E-state index contributed by atoms with van der Waals surface area (Å²) in [6, 6.07) is 0. The maximum Gasteiger partial charge on any atom is -0.0360 e. The van der Waals surface area contributed by atoms with Gasteiger partial charge in [0.05, 0.1) is 0 Å². The standard InChI is InChI=1S/C10H18/c1-8-6-7-9-4-2-3-5-10(8)9/h8-10H,2-7H2,1H3/t8-,9+,10-/m1/s1. The van der Waals surface area contributed by atoms with Crippen LogP contribution in [0.25, 0.3) is 0 Å². The van der Waals surface area contributed by atoms with Crippen molar-refractivity contribution >= 4 is 0 Å². The first-order valence-electron chi connectivity index (χ1n) is 4.88. The van der Waals surface area contributed by atoms with Crippen molar-refractivity contribution in [2.45, 2.75) is 45.4 Å². The molecule has 0 aromatic carbocycles. The van der Waals surface area contributed by atoms with Crippen LogP contribution in [0.1, 0.15) is 45.4 Å². The van der Waals surface area contributed by atoms with Crippen LogP contribution in [0.3, 0.4) is 0 Å². The van der Waals surface area contributed by atoms with Gasteiger partial charge in [0.1, 0.15) is 0 Å². The number of rotatable bonds is 0. The zero-order chi connectivity index (χ0) is 6.97. The lowest BCUT2D eigenvalue weighted by atomic mass is 9.79. The predicted molar refractivity (Wildman–Crippen MR) is 43.8 cm³/mol. The molecule has 0 aromatic rings. The summed E-state index contributed by atoms with van der Waals surface area (Å²) in [7, 11) is 0. The molecule has 0 amide bonds. The van der Waals surface area contributed by atoms with E-state index in [-0.39, 0.29) is 0 Å². The van der Waals surface area contributed by atoms with Crippen LogP contribution >= 0.6 is 0 Å². The van der Waals surface area contributed by atoms with Crippen molar-refractivity contribution in [3.63, 3.8) is 0 Å². The zero-order valence-electron chi connectivity index (χ0n) is 6.97. The van der Waals surface area contributed by atoms with E-state index in [2.05, 4.69) is 6.92 Å².